The first-order valence-corrected chi connectivity index (χ1v) is 5.74. The molecule has 0 radical (unpaired) electrons. The minimum absolute atomic E-state index is 0.851. The Bertz CT molecular complexity index is 436. The topological polar surface area (TPSA) is 12.4 Å². The van der Waals surface area contributed by atoms with Gasteiger partial charge in [-0.2, -0.15) is 0 Å². The van der Waals surface area contributed by atoms with E-state index in [-0.39, 0.29) is 0 Å². The van der Waals surface area contributed by atoms with Crippen molar-refractivity contribution in [1.82, 2.24) is 0 Å². The van der Waals surface area contributed by atoms with Crippen molar-refractivity contribution in [2.75, 3.05) is 0 Å². The predicted octanol–water partition coefficient (Wildman–Crippen LogP) is 4.49. The van der Waals surface area contributed by atoms with Crippen LogP contribution in [0.15, 0.2) is 71.7 Å². The molecule has 0 spiro atoms. The Morgan fingerprint density at radius 2 is 1.47 bits per heavy atom. The Morgan fingerprint density at radius 1 is 0.824 bits per heavy atom. The van der Waals surface area contributed by atoms with Gasteiger partial charge in [0.15, 0.2) is 0 Å². The first-order chi connectivity index (χ1) is 8.45. The molecule has 0 aliphatic rings. The van der Waals surface area contributed by atoms with E-state index in [4.69, 9.17) is 0 Å². The van der Waals surface area contributed by atoms with Crippen LogP contribution < -0.4 is 0 Å². The summed E-state index contributed by atoms with van der Waals surface area (Å²) in [5.41, 5.74) is 2.22. The maximum Gasteiger partial charge on any atom is 0.0625 e. The van der Waals surface area contributed by atoms with Crippen LogP contribution >= 0.6 is 0 Å². The van der Waals surface area contributed by atoms with Crippen LogP contribution in [0, 0.1) is 0 Å². The molecule has 0 saturated heterocycles. The number of benzene rings is 2. The Labute approximate surface area is 102 Å². The van der Waals surface area contributed by atoms with Gasteiger partial charge in [0, 0.05) is 12.6 Å². The normalized spacial score (nSPS) is 11.3. The second kappa shape index (κ2) is 6.44. The largest absolute Gasteiger partial charge is 0.261 e. The molecule has 0 amide bonds. The number of para-hydroxylation sites is 1. The van der Waals surface area contributed by atoms with Crippen LogP contribution in [0.2, 0.25) is 0 Å². The lowest BCUT2D eigenvalue weighted by Gasteiger charge is -1.91. The summed E-state index contributed by atoms with van der Waals surface area (Å²) >= 11 is 0. The molecule has 0 aliphatic carbocycles. The zero-order valence-corrected chi connectivity index (χ0v) is 9.66. The second-order valence-corrected chi connectivity index (χ2v) is 3.70. The molecule has 0 bridgehead atoms. The molecular weight excluding hydrogens is 206 g/mol. The third-order valence-corrected chi connectivity index (χ3v) is 2.35. The van der Waals surface area contributed by atoms with Crippen molar-refractivity contribution < 1.29 is 0 Å². The third-order valence-electron chi connectivity index (χ3n) is 2.35. The molecule has 0 fully saturated rings. The maximum atomic E-state index is 4.36. The van der Waals surface area contributed by atoms with E-state index in [2.05, 4.69) is 29.3 Å². The smallest absolute Gasteiger partial charge is 0.0625 e. The summed E-state index contributed by atoms with van der Waals surface area (Å²) in [7, 11) is 0. The number of rotatable bonds is 4. The Balaban J connectivity index is 1.84. The van der Waals surface area contributed by atoms with Crippen molar-refractivity contribution in [3.8, 4) is 0 Å². The van der Waals surface area contributed by atoms with Gasteiger partial charge in [0.2, 0.25) is 0 Å². The van der Waals surface area contributed by atoms with E-state index < -0.39 is 0 Å². The monoisotopic (exact) mass is 221 g/mol. The minimum Gasteiger partial charge on any atom is -0.261 e. The van der Waals surface area contributed by atoms with Crippen LogP contribution in [0.3, 0.4) is 0 Å². The molecule has 0 unspecified atom stereocenters. The van der Waals surface area contributed by atoms with E-state index in [9.17, 15) is 0 Å². The van der Waals surface area contributed by atoms with E-state index in [1.165, 1.54) is 5.56 Å². The highest BCUT2D eigenvalue weighted by Crippen LogP contribution is 2.08. The fraction of sp³-hybridized carbons (Fsp3) is 0.0625. The predicted molar refractivity (Wildman–Crippen MR) is 74.7 cm³/mol. The lowest BCUT2D eigenvalue weighted by molar-refractivity contribution is 1.46. The van der Waals surface area contributed by atoms with Gasteiger partial charge in [0.25, 0.3) is 0 Å². The molecule has 0 N–H and O–H groups in total. The Morgan fingerprint density at radius 3 is 2.18 bits per heavy atom. The summed E-state index contributed by atoms with van der Waals surface area (Å²) in [4.78, 5) is 4.36. The molecular formula is C16H15N. The Hall–Kier alpha value is -2.15. The van der Waals surface area contributed by atoms with Crippen LogP contribution in [0.5, 0.6) is 0 Å². The number of allylic oxidation sites excluding steroid dienone is 1. The molecule has 2 aromatic carbocycles. The van der Waals surface area contributed by atoms with E-state index >= 15 is 0 Å². The average molecular weight is 221 g/mol. The van der Waals surface area contributed by atoms with Crippen molar-refractivity contribution in [2.24, 2.45) is 4.99 Å². The molecule has 0 atom stereocenters. The lowest BCUT2D eigenvalue weighted by Crippen LogP contribution is -1.72. The van der Waals surface area contributed by atoms with Crippen molar-refractivity contribution in [2.45, 2.75) is 6.42 Å². The van der Waals surface area contributed by atoms with Crippen molar-refractivity contribution in [1.29, 1.82) is 0 Å². The van der Waals surface area contributed by atoms with Gasteiger partial charge >= 0.3 is 0 Å². The van der Waals surface area contributed by atoms with Gasteiger partial charge in [0.1, 0.15) is 0 Å². The van der Waals surface area contributed by atoms with E-state index in [1.807, 2.05) is 54.7 Å². The van der Waals surface area contributed by atoms with E-state index in [0.29, 0.717) is 0 Å². The number of nitrogens with zero attached hydrogens (tertiary/aromatic N) is 1. The summed E-state index contributed by atoms with van der Waals surface area (Å²) in [6, 6.07) is 20.3. The Kier molecular flexibility index (Phi) is 4.29. The van der Waals surface area contributed by atoms with Crippen molar-refractivity contribution in [3.63, 3.8) is 0 Å². The van der Waals surface area contributed by atoms with E-state index in [1.54, 1.807) is 0 Å². The minimum atomic E-state index is 0.851. The molecule has 0 heterocycles. The van der Waals surface area contributed by atoms with Gasteiger partial charge in [-0.15, -0.1) is 0 Å². The molecule has 0 aliphatic heterocycles. The maximum absolute atomic E-state index is 4.36. The zero-order chi connectivity index (χ0) is 11.8. The van der Waals surface area contributed by atoms with Gasteiger partial charge in [0.05, 0.1) is 5.69 Å². The molecule has 2 rings (SSSR count). The fourth-order valence-electron chi connectivity index (χ4n) is 1.50. The van der Waals surface area contributed by atoms with Crippen LogP contribution in [0.1, 0.15) is 12.0 Å². The van der Waals surface area contributed by atoms with Gasteiger partial charge in [-0.05, 0) is 17.7 Å². The number of hydrogen-bond acceptors (Lipinski definition) is 1. The van der Waals surface area contributed by atoms with E-state index in [0.717, 1.165) is 12.1 Å². The number of hydrogen-bond donors (Lipinski definition) is 0. The lowest BCUT2D eigenvalue weighted by atomic mass is 10.2. The second-order valence-electron chi connectivity index (χ2n) is 3.70. The molecule has 17 heavy (non-hydrogen) atoms. The van der Waals surface area contributed by atoms with Crippen LogP contribution in [0.4, 0.5) is 5.69 Å². The summed E-state index contributed by atoms with van der Waals surface area (Å²) in [5.74, 6) is 0. The fourth-order valence-corrected chi connectivity index (χ4v) is 1.50. The molecule has 2 aromatic rings. The van der Waals surface area contributed by atoms with Crippen LogP contribution in [0.25, 0.3) is 6.08 Å². The summed E-state index contributed by atoms with van der Waals surface area (Å²) in [6.07, 6.45) is 7.00. The average Bonchev–Trinajstić information content (AvgIpc) is 2.41. The molecule has 0 aromatic heterocycles. The first-order valence-electron chi connectivity index (χ1n) is 5.74. The van der Waals surface area contributed by atoms with Gasteiger partial charge in [-0.25, -0.2) is 0 Å². The van der Waals surface area contributed by atoms with Crippen molar-refractivity contribution in [3.05, 3.63) is 72.3 Å². The SMILES string of the molecule is C(C/C=C/c1ccccc1)=Nc1ccccc1. The van der Waals surface area contributed by atoms with Gasteiger partial charge in [-0.3, -0.25) is 4.99 Å². The summed E-state index contributed by atoms with van der Waals surface area (Å²) < 4.78 is 0. The summed E-state index contributed by atoms with van der Waals surface area (Å²) in [5, 5.41) is 0. The number of aliphatic imine (C=N–C) groups is 1. The highest BCUT2D eigenvalue weighted by atomic mass is 14.7. The third kappa shape index (κ3) is 4.07. The summed E-state index contributed by atoms with van der Waals surface area (Å²) in [6.45, 7) is 0. The van der Waals surface area contributed by atoms with Crippen LogP contribution in [-0.4, -0.2) is 6.21 Å². The van der Waals surface area contributed by atoms with Gasteiger partial charge < -0.3 is 0 Å². The zero-order valence-electron chi connectivity index (χ0n) is 9.66. The molecule has 1 heteroatoms. The molecule has 84 valence electrons. The molecule has 0 saturated carbocycles. The van der Waals surface area contributed by atoms with Crippen LogP contribution in [-0.2, 0) is 0 Å². The highest BCUT2D eigenvalue weighted by molar-refractivity contribution is 5.66. The van der Waals surface area contributed by atoms with Gasteiger partial charge in [-0.1, -0.05) is 60.7 Å². The highest BCUT2D eigenvalue weighted by Gasteiger charge is 1.83. The molecule has 1 nitrogen and oxygen atoms in total. The standard InChI is InChI=1S/C16H15N/c1-3-9-15(10-4-1)11-7-8-14-17-16-12-5-2-6-13-16/h1-7,9-14H,8H2/b11-7+,17-14?. The first kappa shape index (κ1) is 11.3. The van der Waals surface area contributed by atoms with Crippen molar-refractivity contribution >= 4 is 18.0 Å². The quantitative estimate of drug-likeness (QED) is 0.674.